The van der Waals surface area contributed by atoms with E-state index in [1.54, 1.807) is 34.6 Å². The number of ether oxygens (including phenoxy) is 1. The third-order valence-corrected chi connectivity index (χ3v) is 6.44. The Hall–Kier alpha value is -3.88. The normalized spacial score (nSPS) is 12.8. The molecule has 2 aromatic rings. The molecule has 0 saturated carbocycles. The van der Waals surface area contributed by atoms with Crippen LogP contribution in [0.5, 0.6) is 0 Å². The summed E-state index contributed by atoms with van der Waals surface area (Å²) in [5.41, 5.74) is 8.75. The number of alkyl carbamates (subject to hydrolysis) is 1. The molecule has 0 bridgehead atoms. The molecule has 9 heteroatoms. The minimum absolute atomic E-state index is 0.0450. The molecule has 0 heterocycles. The average molecular weight is 553 g/mol. The molecule has 0 aromatic heterocycles. The molecule has 2 aromatic carbocycles. The van der Waals surface area contributed by atoms with Crippen LogP contribution in [0.3, 0.4) is 0 Å². The van der Waals surface area contributed by atoms with E-state index in [1.165, 1.54) is 4.90 Å². The third kappa shape index (κ3) is 9.10. The summed E-state index contributed by atoms with van der Waals surface area (Å²) >= 11 is 0. The first-order valence-corrected chi connectivity index (χ1v) is 13.7. The molecule has 0 spiro atoms. The van der Waals surface area contributed by atoms with E-state index in [0.717, 1.165) is 23.1 Å². The van der Waals surface area contributed by atoms with E-state index in [0.29, 0.717) is 11.3 Å². The number of hydrogen-bond donors (Lipinski definition) is 3. The van der Waals surface area contributed by atoms with Crippen LogP contribution in [0, 0.1) is 13.8 Å². The van der Waals surface area contributed by atoms with Gasteiger partial charge in [-0.1, -0.05) is 49.4 Å². The molecule has 4 N–H and O–H groups in total. The van der Waals surface area contributed by atoms with Gasteiger partial charge in [-0.25, -0.2) is 4.79 Å². The van der Waals surface area contributed by atoms with Crippen molar-refractivity contribution in [2.75, 3.05) is 5.32 Å². The number of anilines is 1. The van der Waals surface area contributed by atoms with Gasteiger partial charge in [0.25, 0.3) is 5.91 Å². The Labute approximate surface area is 237 Å². The van der Waals surface area contributed by atoms with E-state index in [1.807, 2.05) is 63.2 Å². The molecule has 218 valence electrons. The Kier molecular flexibility index (Phi) is 11.3. The second-order valence-electron chi connectivity index (χ2n) is 11.3. The number of hydrogen-bond acceptors (Lipinski definition) is 5. The smallest absolute Gasteiger partial charge is 0.408 e. The van der Waals surface area contributed by atoms with E-state index < -0.39 is 47.5 Å². The van der Waals surface area contributed by atoms with Crippen molar-refractivity contribution in [3.8, 4) is 0 Å². The van der Waals surface area contributed by atoms with Crippen molar-refractivity contribution in [1.82, 2.24) is 10.2 Å². The van der Waals surface area contributed by atoms with Gasteiger partial charge in [-0.15, -0.1) is 0 Å². The number of amides is 4. The Bertz CT molecular complexity index is 1180. The number of nitrogens with one attached hydrogen (secondary N) is 2. The van der Waals surface area contributed by atoms with Crippen LogP contribution < -0.4 is 16.4 Å². The van der Waals surface area contributed by atoms with E-state index in [9.17, 15) is 19.2 Å². The number of nitrogens with two attached hydrogens (primary N) is 1. The lowest BCUT2D eigenvalue weighted by atomic mass is 9.98. The summed E-state index contributed by atoms with van der Waals surface area (Å²) in [4.78, 5) is 53.9. The fourth-order valence-electron chi connectivity index (χ4n) is 4.43. The fraction of sp³-hybridized carbons (Fsp3) is 0.484. The quantitative estimate of drug-likeness (QED) is 0.363. The van der Waals surface area contributed by atoms with Gasteiger partial charge >= 0.3 is 6.09 Å². The second kappa shape index (κ2) is 14.0. The minimum atomic E-state index is -1.14. The predicted octanol–water partition coefficient (Wildman–Crippen LogP) is 4.94. The van der Waals surface area contributed by atoms with Gasteiger partial charge in [0.1, 0.15) is 17.7 Å². The molecular formula is C31H44N4O5. The van der Waals surface area contributed by atoms with Crippen LogP contribution in [0.1, 0.15) is 82.7 Å². The zero-order chi connectivity index (χ0) is 30.2. The molecule has 0 aliphatic heterocycles. The van der Waals surface area contributed by atoms with Gasteiger partial charge in [-0.05, 0) is 83.6 Å². The molecule has 40 heavy (non-hydrogen) atoms. The average Bonchev–Trinajstić information content (AvgIpc) is 2.85. The maximum absolute atomic E-state index is 14.2. The number of carbonyl (C=O) groups is 4. The van der Waals surface area contributed by atoms with Gasteiger partial charge in [-0.3, -0.25) is 14.4 Å². The first kappa shape index (κ1) is 32.3. The van der Waals surface area contributed by atoms with E-state index in [4.69, 9.17) is 10.5 Å². The molecular weight excluding hydrogens is 508 g/mol. The predicted molar refractivity (Wildman–Crippen MR) is 157 cm³/mol. The largest absolute Gasteiger partial charge is 0.444 e. The number of carbonyl (C=O) groups excluding carboxylic acids is 4. The number of benzene rings is 2. The fourth-order valence-corrected chi connectivity index (χ4v) is 4.43. The van der Waals surface area contributed by atoms with Gasteiger partial charge in [0.15, 0.2) is 0 Å². The topological polar surface area (TPSA) is 131 Å². The van der Waals surface area contributed by atoms with Crippen LogP contribution in [0.25, 0.3) is 0 Å². The number of para-hydroxylation sites is 1. The standard InChI is InChI=1S/C31H44N4O5/c1-9-22-13-15-23(16-14-22)27(28(37)34-26-20(4)11-10-12-21(26)5)35(19(2)3)29(38)24(17-18-25(32)36)33-30(39)40-31(6,7)8/h10-16,19,24,27H,9,17-18H2,1-8H3,(H2,32,36)(H,33,39)(H,34,37). The Morgan fingerprint density at radius 3 is 2.02 bits per heavy atom. The van der Waals surface area contributed by atoms with E-state index in [2.05, 4.69) is 10.6 Å². The van der Waals surface area contributed by atoms with Crippen molar-refractivity contribution < 1.29 is 23.9 Å². The van der Waals surface area contributed by atoms with Gasteiger partial charge in [0.05, 0.1) is 0 Å². The number of aryl methyl sites for hydroxylation is 3. The maximum atomic E-state index is 14.2. The van der Waals surface area contributed by atoms with Crippen molar-refractivity contribution >= 4 is 29.5 Å². The monoisotopic (exact) mass is 552 g/mol. The number of nitrogens with zero attached hydrogens (tertiary/aromatic N) is 1. The van der Waals surface area contributed by atoms with E-state index >= 15 is 0 Å². The lowest BCUT2D eigenvalue weighted by molar-refractivity contribution is -0.143. The summed E-state index contributed by atoms with van der Waals surface area (Å²) < 4.78 is 5.37. The lowest BCUT2D eigenvalue weighted by Gasteiger charge is -2.37. The SMILES string of the molecule is CCc1ccc(C(C(=O)Nc2c(C)cccc2C)N(C(=O)C(CCC(N)=O)NC(=O)OC(C)(C)C)C(C)C)cc1. The second-order valence-corrected chi connectivity index (χ2v) is 11.3. The Balaban J connectivity index is 2.57. The Morgan fingerprint density at radius 2 is 1.55 bits per heavy atom. The van der Waals surface area contributed by atoms with Gasteiger partial charge < -0.3 is 26.0 Å². The van der Waals surface area contributed by atoms with E-state index in [-0.39, 0.29) is 12.8 Å². The van der Waals surface area contributed by atoms with Crippen molar-refractivity contribution in [2.45, 2.75) is 98.4 Å². The van der Waals surface area contributed by atoms with Crippen molar-refractivity contribution in [2.24, 2.45) is 5.73 Å². The first-order chi connectivity index (χ1) is 18.6. The number of rotatable bonds is 11. The molecule has 2 unspecified atom stereocenters. The van der Waals surface area contributed by atoms with Crippen LogP contribution in [0.2, 0.25) is 0 Å². The van der Waals surface area contributed by atoms with Crippen LogP contribution in [-0.2, 0) is 25.5 Å². The summed E-state index contributed by atoms with van der Waals surface area (Å²) in [5.74, 6) is -1.53. The van der Waals surface area contributed by atoms with Crippen molar-refractivity contribution in [1.29, 1.82) is 0 Å². The molecule has 0 aliphatic rings. The molecule has 0 fully saturated rings. The van der Waals surface area contributed by atoms with Crippen molar-refractivity contribution in [3.05, 3.63) is 64.7 Å². The summed E-state index contributed by atoms with van der Waals surface area (Å²) in [7, 11) is 0. The highest BCUT2D eigenvalue weighted by Gasteiger charge is 2.38. The highest BCUT2D eigenvalue weighted by molar-refractivity contribution is 6.00. The lowest BCUT2D eigenvalue weighted by Crippen LogP contribution is -2.54. The highest BCUT2D eigenvalue weighted by atomic mass is 16.6. The summed E-state index contributed by atoms with van der Waals surface area (Å²) in [6.45, 7) is 14.6. The molecule has 0 aliphatic carbocycles. The zero-order valence-corrected chi connectivity index (χ0v) is 25.0. The van der Waals surface area contributed by atoms with Gasteiger partial charge in [-0.2, -0.15) is 0 Å². The summed E-state index contributed by atoms with van der Waals surface area (Å²) in [6, 6.07) is 10.7. The van der Waals surface area contributed by atoms with Gasteiger partial charge in [0, 0.05) is 18.2 Å². The summed E-state index contributed by atoms with van der Waals surface area (Å²) in [5, 5.41) is 5.64. The van der Waals surface area contributed by atoms with Crippen LogP contribution >= 0.6 is 0 Å². The molecule has 0 radical (unpaired) electrons. The maximum Gasteiger partial charge on any atom is 0.408 e. The van der Waals surface area contributed by atoms with Crippen LogP contribution in [0.15, 0.2) is 42.5 Å². The third-order valence-electron chi connectivity index (χ3n) is 6.44. The molecule has 9 nitrogen and oxygen atoms in total. The number of primary amides is 1. The highest BCUT2D eigenvalue weighted by Crippen LogP contribution is 2.29. The van der Waals surface area contributed by atoms with Crippen LogP contribution in [0.4, 0.5) is 10.5 Å². The summed E-state index contributed by atoms with van der Waals surface area (Å²) in [6.07, 6.45) is -0.163. The molecule has 0 saturated heterocycles. The van der Waals surface area contributed by atoms with Crippen molar-refractivity contribution in [3.63, 3.8) is 0 Å². The molecule has 4 amide bonds. The Morgan fingerprint density at radius 1 is 0.975 bits per heavy atom. The molecule has 2 atom stereocenters. The molecule has 2 rings (SSSR count). The minimum Gasteiger partial charge on any atom is -0.444 e. The van der Waals surface area contributed by atoms with Gasteiger partial charge in [0.2, 0.25) is 11.8 Å². The zero-order valence-electron chi connectivity index (χ0n) is 25.0. The van der Waals surface area contributed by atoms with Crippen LogP contribution in [-0.4, -0.2) is 46.4 Å². The first-order valence-electron chi connectivity index (χ1n) is 13.7.